The maximum atomic E-state index is 5.64. The van der Waals surface area contributed by atoms with E-state index < -0.39 is 0 Å². The summed E-state index contributed by atoms with van der Waals surface area (Å²) in [5.74, 6) is 1.31. The van der Waals surface area contributed by atoms with Gasteiger partial charge >= 0.3 is 0 Å². The number of likely N-dealkylation sites (tertiary alicyclic amines) is 1. The van der Waals surface area contributed by atoms with Crippen LogP contribution in [0.3, 0.4) is 0 Å². The quantitative estimate of drug-likeness (QED) is 0.722. The summed E-state index contributed by atoms with van der Waals surface area (Å²) in [6.45, 7) is 3.95. The SMILES string of the molecule is c1ccc(-c2nc(CN3CCC[C@H](Cn4cncn4)C3)co2)cc1. The number of aromatic nitrogens is 4. The Hall–Kier alpha value is -2.47. The average Bonchev–Trinajstić information content (AvgIpc) is 3.28. The minimum Gasteiger partial charge on any atom is -0.444 e. The molecule has 6 heteroatoms. The van der Waals surface area contributed by atoms with Gasteiger partial charge in [0.25, 0.3) is 0 Å². The van der Waals surface area contributed by atoms with Crippen LogP contribution in [0.4, 0.5) is 0 Å². The maximum absolute atomic E-state index is 5.64. The van der Waals surface area contributed by atoms with E-state index in [4.69, 9.17) is 4.42 Å². The van der Waals surface area contributed by atoms with Gasteiger partial charge in [0.1, 0.15) is 18.9 Å². The van der Waals surface area contributed by atoms with Crippen molar-refractivity contribution in [1.82, 2.24) is 24.6 Å². The summed E-state index contributed by atoms with van der Waals surface area (Å²) in [7, 11) is 0. The Balaban J connectivity index is 1.37. The number of hydrogen-bond donors (Lipinski definition) is 0. The van der Waals surface area contributed by atoms with Crippen molar-refractivity contribution in [2.24, 2.45) is 5.92 Å². The minimum atomic E-state index is 0.612. The summed E-state index contributed by atoms with van der Waals surface area (Å²) in [6.07, 6.45) is 7.63. The fourth-order valence-electron chi connectivity index (χ4n) is 3.36. The lowest BCUT2D eigenvalue weighted by Gasteiger charge is -2.31. The highest BCUT2D eigenvalue weighted by atomic mass is 16.3. The van der Waals surface area contributed by atoms with Crippen molar-refractivity contribution in [3.63, 3.8) is 0 Å². The zero-order valence-corrected chi connectivity index (χ0v) is 13.6. The highest BCUT2D eigenvalue weighted by Crippen LogP contribution is 2.22. The number of nitrogens with zero attached hydrogens (tertiary/aromatic N) is 5. The largest absolute Gasteiger partial charge is 0.444 e. The molecule has 0 aliphatic carbocycles. The van der Waals surface area contributed by atoms with Gasteiger partial charge in [-0.1, -0.05) is 18.2 Å². The van der Waals surface area contributed by atoms with E-state index in [1.54, 1.807) is 18.9 Å². The highest BCUT2D eigenvalue weighted by molar-refractivity contribution is 5.52. The van der Waals surface area contributed by atoms with Gasteiger partial charge in [0.05, 0.1) is 5.69 Å². The molecule has 24 heavy (non-hydrogen) atoms. The van der Waals surface area contributed by atoms with Gasteiger partial charge in [-0.2, -0.15) is 5.10 Å². The second-order valence-corrected chi connectivity index (χ2v) is 6.37. The standard InChI is InChI=1S/C18H21N5O/c1-2-6-16(7-3-1)18-21-17(12-24-18)11-22-8-4-5-15(9-22)10-23-14-19-13-20-23/h1-3,6-7,12-15H,4-5,8-11H2/t15-/m0/s1. The smallest absolute Gasteiger partial charge is 0.226 e. The Morgan fingerprint density at radius 1 is 1.21 bits per heavy atom. The molecular weight excluding hydrogens is 302 g/mol. The molecule has 6 nitrogen and oxygen atoms in total. The molecule has 1 fully saturated rings. The number of hydrogen-bond acceptors (Lipinski definition) is 5. The van der Waals surface area contributed by atoms with Crippen LogP contribution in [0.2, 0.25) is 0 Å². The molecule has 0 amide bonds. The van der Waals surface area contributed by atoms with E-state index in [0.29, 0.717) is 11.8 Å². The fraction of sp³-hybridized carbons (Fsp3) is 0.389. The van der Waals surface area contributed by atoms with Gasteiger partial charge in [-0.3, -0.25) is 9.58 Å². The van der Waals surface area contributed by atoms with Gasteiger partial charge in [0.2, 0.25) is 5.89 Å². The molecule has 1 aromatic carbocycles. The van der Waals surface area contributed by atoms with Crippen LogP contribution in [-0.4, -0.2) is 37.7 Å². The van der Waals surface area contributed by atoms with Gasteiger partial charge in [-0.25, -0.2) is 9.97 Å². The molecule has 4 rings (SSSR count). The van der Waals surface area contributed by atoms with E-state index in [2.05, 4.69) is 20.0 Å². The highest BCUT2D eigenvalue weighted by Gasteiger charge is 2.21. The third kappa shape index (κ3) is 3.54. The van der Waals surface area contributed by atoms with Gasteiger partial charge in [0, 0.05) is 25.2 Å². The maximum Gasteiger partial charge on any atom is 0.226 e. The summed E-state index contributed by atoms with van der Waals surface area (Å²) in [4.78, 5) is 11.1. The molecule has 0 unspecified atom stereocenters. The van der Waals surface area contributed by atoms with Crippen molar-refractivity contribution in [2.75, 3.05) is 13.1 Å². The van der Waals surface area contributed by atoms with E-state index in [0.717, 1.165) is 37.4 Å². The van der Waals surface area contributed by atoms with Crippen molar-refractivity contribution < 1.29 is 4.42 Å². The molecule has 0 radical (unpaired) electrons. The summed E-state index contributed by atoms with van der Waals surface area (Å²) in [5.41, 5.74) is 2.02. The molecule has 3 heterocycles. The molecule has 0 bridgehead atoms. The third-order valence-corrected chi connectivity index (χ3v) is 4.47. The molecule has 2 aromatic heterocycles. The number of rotatable bonds is 5. The Morgan fingerprint density at radius 3 is 2.96 bits per heavy atom. The van der Waals surface area contributed by atoms with E-state index in [-0.39, 0.29) is 0 Å². The van der Waals surface area contributed by atoms with E-state index in [1.165, 1.54) is 12.8 Å². The molecule has 1 aliphatic heterocycles. The van der Waals surface area contributed by atoms with Crippen LogP contribution >= 0.6 is 0 Å². The second-order valence-electron chi connectivity index (χ2n) is 6.37. The van der Waals surface area contributed by atoms with Gasteiger partial charge in [-0.15, -0.1) is 0 Å². The van der Waals surface area contributed by atoms with Crippen molar-refractivity contribution in [3.8, 4) is 11.5 Å². The Morgan fingerprint density at radius 2 is 2.12 bits per heavy atom. The normalized spacial score (nSPS) is 18.8. The molecule has 3 aromatic rings. The summed E-state index contributed by atoms with van der Waals surface area (Å²) in [5, 5.41) is 4.22. The minimum absolute atomic E-state index is 0.612. The number of piperidine rings is 1. The predicted molar refractivity (Wildman–Crippen MR) is 90.0 cm³/mol. The van der Waals surface area contributed by atoms with Crippen LogP contribution in [0, 0.1) is 5.92 Å². The summed E-state index contributed by atoms with van der Waals surface area (Å²) in [6, 6.07) is 10.0. The molecule has 124 valence electrons. The van der Waals surface area contributed by atoms with Crippen LogP contribution < -0.4 is 0 Å². The van der Waals surface area contributed by atoms with Crippen LogP contribution in [0.25, 0.3) is 11.5 Å². The van der Waals surface area contributed by atoms with Crippen molar-refractivity contribution in [3.05, 3.63) is 54.9 Å². The number of oxazole rings is 1. The molecule has 0 saturated carbocycles. The molecule has 0 spiro atoms. The van der Waals surface area contributed by atoms with Crippen LogP contribution in [-0.2, 0) is 13.1 Å². The molecule has 0 N–H and O–H groups in total. The fourth-order valence-corrected chi connectivity index (χ4v) is 3.36. The lowest BCUT2D eigenvalue weighted by Crippen LogP contribution is -2.36. The van der Waals surface area contributed by atoms with Crippen LogP contribution in [0.5, 0.6) is 0 Å². The monoisotopic (exact) mass is 323 g/mol. The Kier molecular flexibility index (Phi) is 4.38. The van der Waals surface area contributed by atoms with Crippen LogP contribution in [0.15, 0.2) is 53.7 Å². The molecule has 1 aliphatic rings. The van der Waals surface area contributed by atoms with E-state index in [9.17, 15) is 0 Å². The van der Waals surface area contributed by atoms with Crippen molar-refractivity contribution >= 4 is 0 Å². The number of benzene rings is 1. The first-order valence-corrected chi connectivity index (χ1v) is 8.41. The van der Waals surface area contributed by atoms with Gasteiger partial charge < -0.3 is 4.42 Å². The zero-order chi connectivity index (χ0) is 16.2. The van der Waals surface area contributed by atoms with Crippen molar-refractivity contribution in [2.45, 2.75) is 25.9 Å². The lowest BCUT2D eigenvalue weighted by atomic mass is 9.98. The third-order valence-electron chi connectivity index (χ3n) is 4.47. The Bertz CT molecular complexity index is 753. The summed E-state index contributed by atoms with van der Waals surface area (Å²) < 4.78 is 7.57. The first-order valence-electron chi connectivity index (χ1n) is 8.41. The van der Waals surface area contributed by atoms with E-state index in [1.807, 2.05) is 35.0 Å². The average molecular weight is 323 g/mol. The molecule has 1 saturated heterocycles. The van der Waals surface area contributed by atoms with Crippen LogP contribution in [0.1, 0.15) is 18.5 Å². The summed E-state index contributed by atoms with van der Waals surface area (Å²) >= 11 is 0. The van der Waals surface area contributed by atoms with Crippen molar-refractivity contribution in [1.29, 1.82) is 0 Å². The predicted octanol–water partition coefficient (Wildman–Crippen LogP) is 2.85. The molecule has 1 atom stereocenters. The molecular formula is C18H21N5O. The topological polar surface area (TPSA) is 60.0 Å². The van der Waals surface area contributed by atoms with E-state index >= 15 is 0 Å². The van der Waals surface area contributed by atoms with Gasteiger partial charge in [-0.05, 0) is 37.4 Å². The van der Waals surface area contributed by atoms with Gasteiger partial charge in [0.15, 0.2) is 0 Å². The zero-order valence-electron chi connectivity index (χ0n) is 13.6. The lowest BCUT2D eigenvalue weighted by molar-refractivity contribution is 0.151. The first kappa shape index (κ1) is 15.1. The first-order chi connectivity index (χ1) is 11.9. The Labute approximate surface area is 141 Å². The second kappa shape index (κ2) is 6.97.